The van der Waals surface area contributed by atoms with Crippen LogP contribution < -0.4 is 5.73 Å². The fraction of sp³-hybridized carbons (Fsp3) is 0.800. The second-order valence-electron chi connectivity index (χ2n) is 4.23. The Labute approximate surface area is 89.2 Å². The SMILES string of the molecule is NC(=O)C1CCCN1C(=O)N1CCCC1. The number of hydrogen-bond donors (Lipinski definition) is 1. The van der Waals surface area contributed by atoms with Crippen LogP contribution in [0.1, 0.15) is 25.7 Å². The summed E-state index contributed by atoms with van der Waals surface area (Å²) in [6, 6.07) is -0.382. The first-order valence-electron chi connectivity index (χ1n) is 5.55. The van der Waals surface area contributed by atoms with Gasteiger partial charge in [0.2, 0.25) is 5.91 Å². The molecule has 0 radical (unpaired) electrons. The van der Waals surface area contributed by atoms with E-state index in [9.17, 15) is 9.59 Å². The fourth-order valence-electron chi connectivity index (χ4n) is 2.38. The first-order valence-corrected chi connectivity index (χ1v) is 5.55. The first kappa shape index (κ1) is 10.3. The second kappa shape index (κ2) is 4.08. The van der Waals surface area contributed by atoms with Crippen LogP contribution in [-0.2, 0) is 4.79 Å². The van der Waals surface area contributed by atoms with Crippen LogP contribution in [0.5, 0.6) is 0 Å². The second-order valence-corrected chi connectivity index (χ2v) is 4.23. The average molecular weight is 211 g/mol. The van der Waals surface area contributed by atoms with Crippen molar-refractivity contribution in [3.63, 3.8) is 0 Å². The number of carbonyl (C=O) groups excluding carboxylic acids is 2. The van der Waals surface area contributed by atoms with Gasteiger partial charge in [-0.15, -0.1) is 0 Å². The zero-order valence-corrected chi connectivity index (χ0v) is 8.82. The fourth-order valence-corrected chi connectivity index (χ4v) is 2.38. The van der Waals surface area contributed by atoms with Crippen LogP contribution in [0.4, 0.5) is 4.79 Å². The van der Waals surface area contributed by atoms with Crippen LogP contribution in [-0.4, -0.2) is 47.4 Å². The van der Waals surface area contributed by atoms with E-state index >= 15 is 0 Å². The van der Waals surface area contributed by atoms with Crippen LogP contribution in [0.3, 0.4) is 0 Å². The third-order valence-corrected chi connectivity index (χ3v) is 3.20. The molecule has 3 amide bonds. The predicted octanol–water partition coefficient (Wildman–Crippen LogP) is 0.152. The maximum absolute atomic E-state index is 12.0. The van der Waals surface area contributed by atoms with Gasteiger partial charge in [0, 0.05) is 19.6 Å². The van der Waals surface area contributed by atoms with Gasteiger partial charge in [0.05, 0.1) is 0 Å². The maximum Gasteiger partial charge on any atom is 0.320 e. The van der Waals surface area contributed by atoms with E-state index in [0.29, 0.717) is 6.54 Å². The highest BCUT2D eigenvalue weighted by atomic mass is 16.2. The highest BCUT2D eigenvalue weighted by Crippen LogP contribution is 2.20. The van der Waals surface area contributed by atoms with Crippen molar-refractivity contribution in [1.29, 1.82) is 0 Å². The van der Waals surface area contributed by atoms with Gasteiger partial charge in [-0.1, -0.05) is 0 Å². The van der Waals surface area contributed by atoms with Crippen molar-refractivity contribution in [3.05, 3.63) is 0 Å². The summed E-state index contributed by atoms with van der Waals surface area (Å²) in [4.78, 5) is 26.6. The molecule has 84 valence electrons. The summed E-state index contributed by atoms with van der Waals surface area (Å²) in [7, 11) is 0. The first-order chi connectivity index (χ1) is 7.20. The summed E-state index contributed by atoms with van der Waals surface area (Å²) >= 11 is 0. The normalized spacial score (nSPS) is 26.0. The largest absolute Gasteiger partial charge is 0.368 e. The number of rotatable bonds is 1. The Hall–Kier alpha value is -1.26. The van der Waals surface area contributed by atoms with Crippen molar-refractivity contribution in [2.45, 2.75) is 31.7 Å². The van der Waals surface area contributed by atoms with Crippen molar-refractivity contribution in [2.24, 2.45) is 5.73 Å². The van der Waals surface area contributed by atoms with Gasteiger partial charge in [0.25, 0.3) is 0 Å². The summed E-state index contributed by atoms with van der Waals surface area (Å²) < 4.78 is 0. The van der Waals surface area contributed by atoms with E-state index in [1.807, 2.05) is 4.90 Å². The Morgan fingerprint density at radius 1 is 1.07 bits per heavy atom. The molecule has 0 aliphatic carbocycles. The van der Waals surface area contributed by atoms with Crippen LogP contribution in [0.2, 0.25) is 0 Å². The summed E-state index contributed by atoms with van der Waals surface area (Å²) in [6.45, 7) is 2.31. The molecule has 2 aliphatic heterocycles. The van der Waals surface area contributed by atoms with E-state index in [0.717, 1.165) is 38.8 Å². The van der Waals surface area contributed by atoms with Gasteiger partial charge in [-0.05, 0) is 25.7 Å². The minimum Gasteiger partial charge on any atom is -0.368 e. The zero-order valence-electron chi connectivity index (χ0n) is 8.82. The van der Waals surface area contributed by atoms with Gasteiger partial charge in [-0.2, -0.15) is 0 Å². The highest BCUT2D eigenvalue weighted by molar-refractivity contribution is 5.86. The van der Waals surface area contributed by atoms with E-state index in [-0.39, 0.29) is 18.0 Å². The van der Waals surface area contributed by atoms with E-state index in [2.05, 4.69) is 0 Å². The number of hydrogen-bond acceptors (Lipinski definition) is 2. The lowest BCUT2D eigenvalue weighted by Gasteiger charge is -2.27. The Balaban J connectivity index is 2.02. The third kappa shape index (κ3) is 1.91. The quantitative estimate of drug-likeness (QED) is 0.671. The van der Waals surface area contributed by atoms with Crippen molar-refractivity contribution in [2.75, 3.05) is 19.6 Å². The molecule has 0 aromatic carbocycles. The lowest BCUT2D eigenvalue weighted by Crippen LogP contribution is -2.48. The Bertz CT molecular complexity index is 274. The molecule has 5 heteroatoms. The van der Waals surface area contributed by atoms with Gasteiger partial charge >= 0.3 is 6.03 Å². The lowest BCUT2D eigenvalue weighted by atomic mass is 10.2. The van der Waals surface area contributed by atoms with Gasteiger partial charge in [-0.3, -0.25) is 4.79 Å². The van der Waals surface area contributed by atoms with Crippen molar-refractivity contribution in [3.8, 4) is 0 Å². The van der Waals surface area contributed by atoms with E-state index < -0.39 is 0 Å². The molecule has 0 aromatic rings. The number of carbonyl (C=O) groups is 2. The van der Waals surface area contributed by atoms with Crippen molar-refractivity contribution >= 4 is 11.9 Å². The average Bonchev–Trinajstić information content (AvgIpc) is 2.88. The molecule has 0 spiro atoms. The van der Waals surface area contributed by atoms with Crippen LogP contribution >= 0.6 is 0 Å². The van der Waals surface area contributed by atoms with Crippen LogP contribution in [0.15, 0.2) is 0 Å². The van der Waals surface area contributed by atoms with Crippen molar-refractivity contribution < 1.29 is 9.59 Å². The topological polar surface area (TPSA) is 66.6 Å². The molecular formula is C10H17N3O2. The van der Waals surface area contributed by atoms with Gasteiger partial charge in [-0.25, -0.2) is 4.79 Å². The molecule has 1 unspecified atom stereocenters. The minimum absolute atomic E-state index is 0.00574. The summed E-state index contributed by atoms with van der Waals surface area (Å²) in [6.07, 6.45) is 3.74. The molecule has 2 rings (SSSR count). The smallest absolute Gasteiger partial charge is 0.320 e. The molecule has 2 aliphatic rings. The summed E-state index contributed by atoms with van der Waals surface area (Å²) in [5.74, 6) is -0.375. The molecule has 2 heterocycles. The van der Waals surface area contributed by atoms with E-state index in [4.69, 9.17) is 5.73 Å². The molecular weight excluding hydrogens is 194 g/mol. The van der Waals surface area contributed by atoms with Crippen molar-refractivity contribution in [1.82, 2.24) is 9.80 Å². The van der Waals surface area contributed by atoms with Crippen LogP contribution in [0.25, 0.3) is 0 Å². The van der Waals surface area contributed by atoms with Crippen LogP contribution in [0, 0.1) is 0 Å². The molecule has 5 nitrogen and oxygen atoms in total. The molecule has 0 saturated carbocycles. The standard InChI is InChI=1S/C10H17N3O2/c11-9(14)8-4-3-7-13(8)10(15)12-5-1-2-6-12/h8H,1-7H2,(H2,11,14). The number of primary amides is 1. The molecule has 0 bridgehead atoms. The molecule has 1 atom stereocenters. The summed E-state index contributed by atoms with van der Waals surface area (Å²) in [5.41, 5.74) is 5.27. The number of likely N-dealkylation sites (tertiary alicyclic amines) is 2. The van der Waals surface area contributed by atoms with E-state index in [1.54, 1.807) is 4.90 Å². The predicted molar refractivity (Wildman–Crippen MR) is 55.1 cm³/mol. The summed E-state index contributed by atoms with van der Waals surface area (Å²) in [5, 5.41) is 0. The van der Waals surface area contributed by atoms with E-state index in [1.165, 1.54) is 0 Å². The molecule has 2 saturated heterocycles. The molecule has 15 heavy (non-hydrogen) atoms. The maximum atomic E-state index is 12.0. The lowest BCUT2D eigenvalue weighted by molar-refractivity contribution is -0.121. The Kier molecular flexibility index (Phi) is 2.79. The highest BCUT2D eigenvalue weighted by Gasteiger charge is 2.35. The van der Waals surface area contributed by atoms with Gasteiger partial charge in [0.1, 0.15) is 6.04 Å². The van der Waals surface area contributed by atoms with Gasteiger partial charge in [0.15, 0.2) is 0 Å². The Morgan fingerprint density at radius 2 is 1.73 bits per heavy atom. The molecule has 0 aromatic heterocycles. The molecule has 2 fully saturated rings. The zero-order chi connectivity index (χ0) is 10.8. The number of nitrogens with two attached hydrogens (primary N) is 1. The Morgan fingerprint density at radius 3 is 2.33 bits per heavy atom. The number of urea groups is 1. The number of amides is 3. The molecule has 2 N–H and O–H groups in total. The number of nitrogens with zero attached hydrogens (tertiary/aromatic N) is 2. The minimum atomic E-state index is -0.377. The monoisotopic (exact) mass is 211 g/mol. The van der Waals surface area contributed by atoms with Gasteiger partial charge < -0.3 is 15.5 Å². The third-order valence-electron chi connectivity index (χ3n) is 3.20.